The second-order valence-corrected chi connectivity index (χ2v) is 9.59. The van der Waals surface area contributed by atoms with Crippen molar-refractivity contribution in [3.8, 4) is 0 Å². The number of carboxylic acids is 1. The van der Waals surface area contributed by atoms with Gasteiger partial charge in [-0.2, -0.15) is 0 Å². The summed E-state index contributed by atoms with van der Waals surface area (Å²) in [6.07, 6.45) is 16.2. The zero-order chi connectivity index (χ0) is 22.0. The Morgan fingerprint density at radius 1 is 1.10 bits per heavy atom. The average molecular weight is 423 g/mol. The van der Waals surface area contributed by atoms with Crippen molar-refractivity contribution >= 4 is 11.8 Å². The Morgan fingerprint density at radius 3 is 2.47 bits per heavy atom. The van der Waals surface area contributed by atoms with Crippen LogP contribution in [0.1, 0.15) is 103 Å². The van der Waals surface area contributed by atoms with Gasteiger partial charge in [-0.3, -0.25) is 9.59 Å². The summed E-state index contributed by atoms with van der Waals surface area (Å²) in [5.41, 5.74) is -0.635. The van der Waals surface area contributed by atoms with E-state index < -0.39 is 17.7 Å². The molecule has 0 saturated heterocycles. The third-order valence-electron chi connectivity index (χ3n) is 7.03. The maximum atomic E-state index is 12.4. The summed E-state index contributed by atoms with van der Waals surface area (Å²) in [6.45, 7) is 2.19. The number of carbonyl (C=O) groups is 2. The van der Waals surface area contributed by atoms with Gasteiger partial charge in [-0.1, -0.05) is 64.0 Å². The van der Waals surface area contributed by atoms with E-state index in [2.05, 4.69) is 6.92 Å². The molecule has 5 heteroatoms. The summed E-state index contributed by atoms with van der Waals surface area (Å²) in [6, 6.07) is 0. The lowest BCUT2D eigenvalue weighted by molar-refractivity contribution is -0.137. The molecule has 0 aromatic heterocycles. The zero-order valence-electron chi connectivity index (χ0n) is 18.7. The first kappa shape index (κ1) is 25.1. The molecule has 172 valence electrons. The fourth-order valence-electron chi connectivity index (χ4n) is 4.97. The monoisotopic (exact) mass is 422 g/mol. The van der Waals surface area contributed by atoms with Gasteiger partial charge in [0.2, 0.25) is 0 Å². The van der Waals surface area contributed by atoms with Crippen molar-refractivity contribution in [1.82, 2.24) is 0 Å². The zero-order valence-corrected chi connectivity index (χ0v) is 18.7. The van der Waals surface area contributed by atoms with Gasteiger partial charge in [-0.15, -0.1) is 0 Å². The van der Waals surface area contributed by atoms with Crippen LogP contribution in [0.2, 0.25) is 0 Å². The van der Waals surface area contributed by atoms with Crippen molar-refractivity contribution < 1.29 is 24.9 Å². The van der Waals surface area contributed by atoms with E-state index in [1.807, 2.05) is 12.2 Å². The summed E-state index contributed by atoms with van der Waals surface area (Å²) in [5.74, 6) is -0.550. The molecule has 0 aliphatic heterocycles. The number of rotatable bonds is 16. The highest BCUT2D eigenvalue weighted by Gasteiger charge is 2.43. The molecule has 4 atom stereocenters. The number of aliphatic hydroxyl groups excluding tert-OH is 1. The van der Waals surface area contributed by atoms with E-state index in [-0.39, 0.29) is 30.5 Å². The predicted octanol–water partition coefficient (Wildman–Crippen LogP) is 5.04. The van der Waals surface area contributed by atoms with Gasteiger partial charge in [0.05, 0.1) is 11.7 Å². The molecule has 0 heterocycles. The smallest absolute Gasteiger partial charge is 0.303 e. The molecule has 2 aliphatic rings. The van der Waals surface area contributed by atoms with E-state index in [0.29, 0.717) is 18.8 Å². The van der Waals surface area contributed by atoms with E-state index in [1.165, 1.54) is 12.8 Å². The molecule has 3 N–H and O–H groups in total. The van der Waals surface area contributed by atoms with Crippen molar-refractivity contribution in [1.29, 1.82) is 0 Å². The fourth-order valence-corrected chi connectivity index (χ4v) is 4.97. The molecule has 1 unspecified atom stereocenters. The number of unbranched alkanes of at least 4 members (excludes halogenated alkanes) is 6. The maximum absolute atomic E-state index is 12.4. The van der Waals surface area contributed by atoms with Gasteiger partial charge in [0.1, 0.15) is 5.78 Å². The molecule has 0 aromatic rings. The Hall–Kier alpha value is -1.20. The topological polar surface area (TPSA) is 94.8 Å². The van der Waals surface area contributed by atoms with Crippen molar-refractivity contribution in [2.75, 3.05) is 0 Å². The third-order valence-corrected chi connectivity index (χ3v) is 7.03. The van der Waals surface area contributed by atoms with Gasteiger partial charge in [0, 0.05) is 18.8 Å². The summed E-state index contributed by atoms with van der Waals surface area (Å²) in [4.78, 5) is 23.0. The van der Waals surface area contributed by atoms with Gasteiger partial charge in [0.25, 0.3) is 0 Å². The number of hydrogen-bond acceptors (Lipinski definition) is 4. The number of carboxylic acid groups (broad SMARTS) is 1. The quantitative estimate of drug-likeness (QED) is 0.239. The van der Waals surface area contributed by atoms with Gasteiger partial charge >= 0.3 is 5.97 Å². The highest BCUT2D eigenvalue weighted by Crippen LogP contribution is 2.45. The third kappa shape index (κ3) is 8.14. The second-order valence-electron chi connectivity index (χ2n) is 9.59. The van der Waals surface area contributed by atoms with Crippen LogP contribution in [0.15, 0.2) is 12.2 Å². The van der Waals surface area contributed by atoms with Crippen LogP contribution in [0, 0.1) is 17.8 Å². The lowest BCUT2D eigenvalue weighted by Gasteiger charge is -2.27. The van der Waals surface area contributed by atoms with E-state index in [1.54, 1.807) is 0 Å². The fraction of sp³-hybridized carbons (Fsp3) is 0.840. The molecule has 5 nitrogen and oxygen atoms in total. The number of hydrogen-bond donors (Lipinski definition) is 3. The molecular formula is C25H42O5. The van der Waals surface area contributed by atoms with Crippen LogP contribution in [0.4, 0.5) is 0 Å². The first-order valence-corrected chi connectivity index (χ1v) is 12.2. The predicted molar refractivity (Wildman–Crippen MR) is 118 cm³/mol. The molecule has 0 amide bonds. The average Bonchev–Trinajstić information content (AvgIpc) is 3.51. The standard InChI is InChI=1S/C25H42O5/c1-2-3-4-9-16-25(30,19-14-15-19)17-10-12-21-20(22(26)18-23(21)27)11-7-5-6-8-13-24(28)29/h10,12,19-22,26,30H,2-9,11,13-18H2,1H3,(H,28,29)/t20-,21-,22+,25?/m1/s1. The number of allylic oxidation sites excluding steroid dienone is 1. The summed E-state index contributed by atoms with van der Waals surface area (Å²) in [7, 11) is 0. The van der Waals surface area contributed by atoms with Crippen LogP contribution in [0.25, 0.3) is 0 Å². The Bertz CT molecular complexity index is 568. The summed E-state index contributed by atoms with van der Waals surface area (Å²) < 4.78 is 0. The molecule has 0 bridgehead atoms. The van der Waals surface area contributed by atoms with E-state index in [4.69, 9.17) is 5.11 Å². The normalized spacial score (nSPS) is 26.4. The van der Waals surface area contributed by atoms with Crippen molar-refractivity contribution in [3.63, 3.8) is 0 Å². The number of carbonyl (C=O) groups excluding carboxylic acids is 1. The van der Waals surface area contributed by atoms with Crippen LogP contribution in [0.3, 0.4) is 0 Å². The molecule has 2 rings (SSSR count). The number of Topliss-reactive ketones (excluding diaryl/α,β-unsaturated/α-hetero) is 1. The SMILES string of the molecule is CCCCCCC(O)(CC=C[C@H]1C(=O)C[C@H](O)[C@@H]1CCCCCCC(=O)O)C1CC1. The maximum Gasteiger partial charge on any atom is 0.303 e. The minimum Gasteiger partial charge on any atom is -0.481 e. The highest BCUT2D eigenvalue weighted by atomic mass is 16.4. The van der Waals surface area contributed by atoms with Gasteiger partial charge in [-0.25, -0.2) is 0 Å². The number of aliphatic carboxylic acids is 1. The Kier molecular flexibility index (Phi) is 10.5. The van der Waals surface area contributed by atoms with E-state index in [0.717, 1.165) is 57.8 Å². The Labute approximate surface area is 182 Å². The molecule has 2 saturated carbocycles. The van der Waals surface area contributed by atoms with Crippen LogP contribution >= 0.6 is 0 Å². The van der Waals surface area contributed by atoms with Crippen LogP contribution in [-0.4, -0.2) is 38.8 Å². The van der Waals surface area contributed by atoms with Gasteiger partial charge in [-0.05, 0) is 50.4 Å². The first-order valence-electron chi connectivity index (χ1n) is 12.2. The summed E-state index contributed by atoms with van der Waals surface area (Å²) in [5, 5.41) is 30.2. The summed E-state index contributed by atoms with van der Waals surface area (Å²) >= 11 is 0. The highest BCUT2D eigenvalue weighted by molar-refractivity contribution is 5.85. The molecule has 0 spiro atoms. The second kappa shape index (κ2) is 12.6. The Balaban J connectivity index is 1.81. The van der Waals surface area contributed by atoms with Crippen LogP contribution in [0.5, 0.6) is 0 Å². The number of aliphatic hydroxyl groups is 2. The van der Waals surface area contributed by atoms with Crippen LogP contribution < -0.4 is 0 Å². The minimum absolute atomic E-state index is 0.0493. The Morgan fingerprint density at radius 2 is 1.80 bits per heavy atom. The van der Waals surface area contributed by atoms with Crippen molar-refractivity contribution in [3.05, 3.63) is 12.2 Å². The molecule has 0 aromatic carbocycles. The van der Waals surface area contributed by atoms with E-state index >= 15 is 0 Å². The molecular weight excluding hydrogens is 380 g/mol. The number of ketones is 1. The molecule has 30 heavy (non-hydrogen) atoms. The molecule has 2 aliphatic carbocycles. The molecule has 0 radical (unpaired) electrons. The van der Waals surface area contributed by atoms with Gasteiger partial charge < -0.3 is 15.3 Å². The van der Waals surface area contributed by atoms with Crippen molar-refractivity contribution in [2.45, 2.75) is 115 Å². The lowest BCUT2D eigenvalue weighted by atomic mass is 9.85. The van der Waals surface area contributed by atoms with Crippen molar-refractivity contribution in [2.24, 2.45) is 17.8 Å². The molecule has 2 fully saturated rings. The largest absolute Gasteiger partial charge is 0.481 e. The minimum atomic E-state index is -0.756. The van der Waals surface area contributed by atoms with Gasteiger partial charge in [0.15, 0.2) is 0 Å². The lowest BCUT2D eigenvalue weighted by Crippen LogP contribution is -2.30. The van der Waals surface area contributed by atoms with Crippen LogP contribution in [-0.2, 0) is 9.59 Å². The first-order chi connectivity index (χ1) is 14.4. The van der Waals surface area contributed by atoms with E-state index in [9.17, 15) is 19.8 Å².